The Morgan fingerprint density at radius 2 is 1.75 bits per heavy atom. The molecular weight excluding hydrogens is 241 g/mol. The number of rotatable bonds is 2. The third-order valence-electron chi connectivity index (χ3n) is 1.75. The minimum atomic E-state index is 0. The molecule has 0 saturated carbocycles. The minimum absolute atomic E-state index is 0. The molecule has 0 radical (unpaired) electrons. The van der Waals surface area contributed by atoms with Crippen LogP contribution in [0, 0.1) is 0 Å². The largest absolute Gasteiger partial charge is 1.00 e. The Bertz CT molecular complexity index is 361. The summed E-state index contributed by atoms with van der Waals surface area (Å²) < 4.78 is 0. The number of nitrogens with one attached hydrogen (secondary N) is 1. The molecule has 0 atom stereocenters. The van der Waals surface area contributed by atoms with Crippen LogP contribution in [0.15, 0.2) is 35.4 Å². The van der Waals surface area contributed by atoms with Gasteiger partial charge in [0.25, 0.3) is 0 Å². The van der Waals surface area contributed by atoms with Crippen LogP contribution in [0.4, 0.5) is 0 Å². The van der Waals surface area contributed by atoms with Crippen molar-refractivity contribution in [1.82, 2.24) is 0 Å². The van der Waals surface area contributed by atoms with Gasteiger partial charge in [-0.1, -0.05) is 41.9 Å². The van der Waals surface area contributed by atoms with Crippen LogP contribution >= 0.6 is 11.6 Å². The quantitative estimate of drug-likeness (QED) is 0.669. The summed E-state index contributed by atoms with van der Waals surface area (Å²) in [4.78, 5) is 3.22. The van der Waals surface area contributed by atoms with Gasteiger partial charge in [0.2, 0.25) is 0 Å². The average Bonchev–Trinajstić information content (AvgIpc) is 2.15. The normalized spacial score (nSPS) is 12.6. The summed E-state index contributed by atoms with van der Waals surface area (Å²) in [5, 5.41) is 0.705. The van der Waals surface area contributed by atoms with Gasteiger partial charge in [0.05, 0.1) is 0 Å². The van der Waals surface area contributed by atoms with E-state index in [9.17, 15) is 0 Å². The predicted octanol–water partition coefficient (Wildman–Crippen LogP) is -0.780. The molecule has 0 amide bonds. The van der Waals surface area contributed by atoms with Crippen LogP contribution < -0.4 is 17.4 Å². The molecule has 1 aromatic carbocycles. The Morgan fingerprint density at radius 1 is 1.19 bits per heavy atom. The first-order valence-corrected chi connectivity index (χ1v) is 5.38. The van der Waals surface area contributed by atoms with Gasteiger partial charge < -0.3 is 12.4 Å². The second-order valence-electron chi connectivity index (χ2n) is 4.48. The van der Waals surface area contributed by atoms with Crippen molar-refractivity contribution in [3.05, 3.63) is 40.9 Å². The minimum Gasteiger partial charge on any atom is -1.00 e. The van der Waals surface area contributed by atoms with Crippen molar-refractivity contribution in [3.63, 3.8) is 0 Å². The van der Waals surface area contributed by atoms with Crippen molar-refractivity contribution in [2.45, 2.75) is 26.3 Å². The summed E-state index contributed by atoms with van der Waals surface area (Å²) in [6.07, 6.45) is 3.76. The van der Waals surface area contributed by atoms with E-state index in [-0.39, 0.29) is 17.9 Å². The molecule has 0 heterocycles. The number of hydrogen-bond acceptors (Lipinski definition) is 0. The lowest BCUT2D eigenvalue weighted by molar-refractivity contribution is -0.533. The summed E-state index contributed by atoms with van der Waals surface area (Å²) in [5.41, 5.74) is 1.15. The molecule has 16 heavy (non-hydrogen) atoms. The fraction of sp³-hybridized carbons (Fsp3) is 0.308. The fourth-order valence-corrected chi connectivity index (χ4v) is 1.22. The maximum atomic E-state index is 6.06. The molecule has 1 N–H and O–H groups in total. The first-order chi connectivity index (χ1) is 6.97. The van der Waals surface area contributed by atoms with Gasteiger partial charge in [0, 0.05) is 0 Å². The summed E-state index contributed by atoms with van der Waals surface area (Å²) in [7, 11) is 0. The van der Waals surface area contributed by atoms with E-state index >= 15 is 0 Å². The van der Waals surface area contributed by atoms with Crippen LogP contribution in [0.3, 0.4) is 0 Å². The highest BCUT2D eigenvalue weighted by Crippen LogP contribution is 2.06. The molecular formula is C13H17Cl2N. The molecule has 3 heteroatoms. The van der Waals surface area contributed by atoms with Gasteiger partial charge in [-0.15, -0.1) is 0 Å². The van der Waals surface area contributed by atoms with E-state index in [0.29, 0.717) is 5.03 Å². The highest BCUT2D eigenvalue weighted by molar-refractivity contribution is 6.40. The maximum Gasteiger partial charge on any atom is 0.181 e. The average molecular weight is 258 g/mol. The predicted molar refractivity (Wildman–Crippen MR) is 67.1 cm³/mol. The molecule has 88 valence electrons. The van der Waals surface area contributed by atoms with Crippen LogP contribution in [0.1, 0.15) is 26.3 Å². The third kappa shape index (κ3) is 6.65. The summed E-state index contributed by atoms with van der Waals surface area (Å²) in [6, 6.07) is 10.0. The van der Waals surface area contributed by atoms with Crippen molar-refractivity contribution in [2.24, 2.45) is 0 Å². The molecule has 0 bridgehead atoms. The van der Waals surface area contributed by atoms with Gasteiger partial charge in [-0.05, 0) is 32.4 Å². The van der Waals surface area contributed by atoms with Crippen LogP contribution in [-0.2, 0) is 0 Å². The van der Waals surface area contributed by atoms with Gasteiger partial charge in [0.15, 0.2) is 11.8 Å². The second kappa shape index (κ2) is 6.72. The lowest BCUT2D eigenvalue weighted by Crippen LogP contribution is -3.00. The smallest absolute Gasteiger partial charge is 0.181 e. The van der Waals surface area contributed by atoms with Crippen molar-refractivity contribution in [1.29, 1.82) is 0 Å². The topological polar surface area (TPSA) is 14.0 Å². The van der Waals surface area contributed by atoms with Gasteiger partial charge in [-0.25, -0.2) is 4.99 Å². The number of allylic oxidation sites excluding steroid dienone is 1. The molecule has 0 aliphatic heterocycles. The zero-order chi connectivity index (χ0) is 11.3. The number of hydrogen-bond donors (Lipinski definition) is 1. The molecule has 0 aliphatic rings. The Balaban J connectivity index is 0.00000225. The second-order valence-corrected chi connectivity index (χ2v) is 4.92. The van der Waals surface area contributed by atoms with Crippen molar-refractivity contribution in [2.75, 3.05) is 0 Å². The SMILES string of the molecule is CC(C)(C)[NH+]=C/C(Cl)=C/c1ccccc1.[Cl-]. The summed E-state index contributed by atoms with van der Waals surface area (Å²) >= 11 is 6.06. The highest BCUT2D eigenvalue weighted by atomic mass is 35.5. The first-order valence-electron chi connectivity index (χ1n) is 5.00. The molecule has 1 aromatic rings. The zero-order valence-electron chi connectivity index (χ0n) is 9.80. The molecule has 1 rings (SSSR count). The zero-order valence-corrected chi connectivity index (χ0v) is 11.3. The molecule has 0 aromatic heterocycles. The van der Waals surface area contributed by atoms with Gasteiger partial charge >= 0.3 is 0 Å². The lowest BCUT2D eigenvalue weighted by Gasteiger charge is -2.03. The Kier molecular flexibility index (Phi) is 6.39. The van der Waals surface area contributed by atoms with E-state index in [1.54, 1.807) is 0 Å². The molecule has 0 spiro atoms. The van der Waals surface area contributed by atoms with Crippen molar-refractivity contribution >= 4 is 23.9 Å². The number of halogens is 2. The van der Waals surface area contributed by atoms with E-state index in [0.717, 1.165) is 5.56 Å². The van der Waals surface area contributed by atoms with Crippen LogP contribution in [-0.4, -0.2) is 11.8 Å². The standard InChI is InChI=1S/C13H16ClN.ClH/c1-13(2,3)15-10-12(14)9-11-7-5-4-6-8-11;/h4-10H,1-3H3;1H/b12-9-,15-10?;. The van der Waals surface area contributed by atoms with E-state index in [4.69, 9.17) is 11.6 Å². The number of benzene rings is 1. The van der Waals surface area contributed by atoms with Crippen LogP contribution in [0.5, 0.6) is 0 Å². The molecule has 0 aliphatic carbocycles. The Labute approximate surface area is 109 Å². The molecule has 0 saturated heterocycles. The van der Waals surface area contributed by atoms with Gasteiger partial charge in [-0.2, -0.15) is 0 Å². The van der Waals surface area contributed by atoms with E-state index in [1.807, 2.05) is 42.6 Å². The van der Waals surface area contributed by atoms with Gasteiger partial charge in [0.1, 0.15) is 5.03 Å². The first kappa shape index (κ1) is 15.2. The molecule has 1 nitrogen and oxygen atoms in total. The lowest BCUT2D eigenvalue weighted by atomic mass is 10.1. The monoisotopic (exact) mass is 257 g/mol. The third-order valence-corrected chi connectivity index (χ3v) is 1.97. The van der Waals surface area contributed by atoms with Crippen LogP contribution in [0.25, 0.3) is 6.08 Å². The fourth-order valence-electron chi connectivity index (χ4n) is 1.04. The maximum absolute atomic E-state index is 6.06. The molecule has 0 unspecified atom stereocenters. The summed E-state index contributed by atoms with van der Waals surface area (Å²) in [5.74, 6) is 0. The Hall–Kier alpha value is -0.790. The van der Waals surface area contributed by atoms with Crippen LogP contribution in [0.2, 0.25) is 0 Å². The molecule has 0 fully saturated rings. The highest BCUT2D eigenvalue weighted by Gasteiger charge is 2.11. The Morgan fingerprint density at radius 3 is 2.25 bits per heavy atom. The van der Waals surface area contributed by atoms with E-state index < -0.39 is 0 Å². The van der Waals surface area contributed by atoms with Crippen molar-refractivity contribution < 1.29 is 17.4 Å². The van der Waals surface area contributed by atoms with E-state index in [1.165, 1.54) is 0 Å². The van der Waals surface area contributed by atoms with Gasteiger partial charge in [-0.3, -0.25) is 0 Å². The van der Waals surface area contributed by atoms with E-state index in [2.05, 4.69) is 25.8 Å². The van der Waals surface area contributed by atoms with Crippen molar-refractivity contribution in [3.8, 4) is 0 Å². The summed E-state index contributed by atoms with van der Waals surface area (Å²) in [6.45, 7) is 6.28.